The number of sulfonamides is 1. The normalized spacial score (nSPS) is 39.0. The maximum absolute atomic E-state index is 13.6. The summed E-state index contributed by atoms with van der Waals surface area (Å²) >= 11 is 0. The first-order chi connectivity index (χ1) is 16.1. The highest BCUT2D eigenvalue weighted by molar-refractivity contribution is 7.89. The van der Waals surface area contributed by atoms with Gasteiger partial charge in [0, 0.05) is 19.1 Å². The lowest BCUT2D eigenvalue weighted by molar-refractivity contribution is -0.161. The molecule has 6 atom stereocenters. The number of rotatable bonds is 5. The third kappa shape index (κ3) is 3.08. The van der Waals surface area contributed by atoms with E-state index in [0.717, 1.165) is 50.2 Å². The van der Waals surface area contributed by atoms with Crippen molar-refractivity contribution in [2.24, 2.45) is 28.6 Å². The fourth-order valence-corrected chi connectivity index (χ4v) is 10.6. The topological polar surface area (TPSA) is 66.5 Å². The van der Waals surface area contributed by atoms with Crippen LogP contribution in [-0.4, -0.2) is 37.8 Å². The summed E-state index contributed by atoms with van der Waals surface area (Å²) in [5.74, 6) is 2.09. The zero-order valence-electron chi connectivity index (χ0n) is 19.1. The minimum atomic E-state index is -4.76. The number of amides is 1. The van der Waals surface area contributed by atoms with Crippen LogP contribution in [0, 0.1) is 28.6 Å². The summed E-state index contributed by atoms with van der Waals surface area (Å²) < 4.78 is 68.7. The lowest BCUT2D eigenvalue weighted by Gasteiger charge is -2.57. The van der Waals surface area contributed by atoms with Crippen LogP contribution in [-0.2, 0) is 21.0 Å². The van der Waals surface area contributed by atoms with Crippen molar-refractivity contribution in [1.82, 2.24) is 9.62 Å². The van der Waals surface area contributed by atoms with Crippen LogP contribution in [0.4, 0.5) is 13.2 Å². The van der Waals surface area contributed by atoms with Crippen molar-refractivity contribution in [2.75, 3.05) is 13.1 Å². The zero-order valence-corrected chi connectivity index (χ0v) is 19.9. The van der Waals surface area contributed by atoms with Gasteiger partial charge in [0.25, 0.3) is 0 Å². The monoisotopic (exact) mass is 496 g/mol. The molecule has 6 rings (SSSR count). The van der Waals surface area contributed by atoms with Gasteiger partial charge in [0.1, 0.15) is 0 Å². The Bertz CT molecular complexity index is 1120. The molecule has 1 aromatic carbocycles. The molecule has 1 spiro atoms. The predicted molar refractivity (Wildman–Crippen MR) is 119 cm³/mol. The lowest BCUT2D eigenvalue weighted by Crippen LogP contribution is -2.61. The third-order valence-electron chi connectivity index (χ3n) is 9.84. The van der Waals surface area contributed by atoms with Gasteiger partial charge < -0.3 is 5.32 Å². The second-order valence-corrected chi connectivity index (χ2v) is 13.3. The molecule has 1 amide bonds. The summed E-state index contributed by atoms with van der Waals surface area (Å²) in [7, 11) is -4.36. The molecule has 3 bridgehead atoms. The number of hydrogen-bond acceptors (Lipinski definition) is 3. The molecule has 5 fully saturated rings. The highest BCUT2D eigenvalue weighted by Crippen LogP contribution is 2.81. The maximum atomic E-state index is 13.6. The van der Waals surface area contributed by atoms with Crippen LogP contribution in [0.2, 0.25) is 0 Å². The van der Waals surface area contributed by atoms with E-state index in [1.807, 2.05) is 0 Å². The fourth-order valence-electron chi connectivity index (χ4n) is 8.72. The average Bonchev–Trinajstić information content (AvgIpc) is 3.12. The minimum Gasteiger partial charge on any atom is -0.354 e. The Labute approximate surface area is 198 Å². The number of nitrogens with zero attached hydrogens (tertiary/aromatic N) is 1. The van der Waals surface area contributed by atoms with Crippen molar-refractivity contribution >= 4 is 15.9 Å². The molecule has 186 valence electrons. The van der Waals surface area contributed by atoms with E-state index in [-0.39, 0.29) is 29.8 Å². The predicted octanol–water partition coefficient (Wildman–Crippen LogP) is 4.58. The molecule has 1 heterocycles. The molecule has 1 saturated heterocycles. The van der Waals surface area contributed by atoms with Crippen LogP contribution in [0.5, 0.6) is 0 Å². The Balaban J connectivity index is 1.22. The number of piperidine rings is 1. The van der Waals surface area contributed by atoms with E-state index in [0.29, 0.717) is 24.7 Å². The van der Waals surface area contributed by atoms with E-state index in [1.165, 1.54) is 29.3 Å². The Kier molecular flexibility index (Phi) is 5.00. The first kappa shape index (κ1) is 22.8. The molecule has 5 aliphatic rings. The number of fused-ring (bicyclic) bond motifs is 2. The van der Waals surface area contributed by atoms with E-state index in [9.17, 15) is 26.4 Å². The summed E-state index contributed by atoms with van der Waals surface area (Å²) in [4.78, 5) is 12.9. The number of benzene rings is 1. The quantitative estimate of drug-likeness (QED) is 0.649. The Morgan fingerprint density at radius 2 is 1.82 bits per heavy atom. The van der Waals surface area contributed by atoms with E-state index >= 15 is 0 Å². The summed E-state index contributed by atoms with van der Waals surface area (Å²) in [6.45, 7) is 0.318. The van der Waals surface area contributed by atoms with Gasteiger partial charge in [-0.25, -0.2) is 8.42 Å². The third-order valence-corrected chi connectivity index (χ3v) is 11.9. The van der Waals surface area contributed by atoms with E-state index in [4.69, 9.17) is 0 Å². The number of nitrogens with one attached hydrogen (secondary N) is 1. The molecule has 4 saturated carbocycles. The molecule has 1 aliphatic heterocycles. The largest absolute Gasteiger partial charge is 0.417 e. The van der Waals surface area contributed by atoms with Crippen LogP contribution in [0.1, 0.15) is 63.4 Å². The molecule has 34 heavy (non-hydrogen) atoms. The standard InChI is InChI=1S/C25H31F3N2O3S/c26-25(27,28)20-6-1-2-7-21(20)34(32,33)30-8-4-3-5-19(30)15-29-22(31)24-13-17-9-16-10-18(14-24)23(24,11-16)12-17/h1-2,6-7,16-19H,3-5,8-15H2,(H,29,31)/t16-,17+,18?,19?,23?,24?/m0/s1. The second-order valence-electron chi connectivity index (χ2n) is 11.4. The minimum absolute atomic E-state index is 0.0485. The SMILES string of the molecule is O=C(NCC1CCCCN1S(=O)(=O)c1ccccc1C(F)(F)F)C12CC3C[C@@H]4C[C@@H](C1)CC32C4. The Morgan fingerprint density at radius 1 is 1.06 bits per heavy atom. The van der Waals surface area contributed by atoms with Crippen molar-refractivity contribution in [3.63, 3.8) is 0 Å². The van der Waals surface area contributed by atoms with Gasteiger partial charge in [-0.05, 0) is 86.7 Å². The number of carbonyl (C=O) groups excluding carboxylic acids is 1. The molecule has 1 aromatic rings. The highest BCUT2D eigenvalue weighted by atomic mass is 32.2. The van der Waals surface area contributed by atoms with Crippen molar-refractivity contribution in [1.29, 1.82) is 0 Å². The molecule has 4 aliphatic carbocycles. The number of carbonyl (C=O) groups is 1. The fraction of sp³-hybridized carbons (Fsp3) is 0.720. The average molecular weight is 497 g/mol. The van der Waals surface area contributed by atoms with Crippen molar-refractivity contribution < 1.29 is 26.4 Å². The molecule has 1 N–H and O–H groups in total. The lowest BCUT2D eigenvalue weighted by atomic mass is 9.46. The second kappa shape index (κ2) is 7.45. The van der Waals surface area contributed by atoms with Crippen LogP contribution >= 0.6 is 0 Å². The van der Waals surface area contributed by atoms with Crippen LogP contribution in [0.25, 0.3) is 0 Å². The van der Waals surface area contributed by atoms with E-state index < -0.39 is 32.7 Å². The molecular weight excluding hydrogens is 465 g/mol. The number of halogens is 3. The van der Waals surface area contributed by atoms with E-state index in [1.54, 1.807) is 0 Å². The first-order valence-electron chi connectivity index (χ1n) is 12.5. The zero-order chi connectivity index (χ0) is 23.9. The highest BCUT2D eigenvalue weighted by Gasteiger charge is 2.76. The molecule has 5 nitrogen and oxygen atoms in total. The first-order valence-corrected chi connectivity index (χ1v) is 14.0. The maximum Gasteiger partial charge on any atom is 0.417 e. The Morgan fingerprint density at radius 3 is 2.62 bits per heavy atom. The van der Waals surface area contributed by atoms with Gasteiger partial charge in [0.05, 0.1) is 15.9 Å². The number of alkyl halides is 3. The van der Waals surface area contributed by atoms with Crippen LogP contribution in [0.3, 0.4) is 0 Å². The smallest absolute Gasteiger partial charge is 0.354 e. The van der Waals surface area contributed by atoms with Gasteiger partial charge in [-0.2, -0.15) is 17.5 Å². The van der Waals surface area contributed by atoms with Gasteiger partial charge in [0.15, 0.2) is 0 Å². The van der Waals surface area contributed by atoms with Gasteiger partial charge >= 0.3 is 6.18 Å². The molecule has 0 radical (unpaired) electrons. The molecule has 9 heteroatoms. The van der Waals surface area contributed by atoms with Gasteiger partial charge in [-0.1, -0.05) is 18.6 Å². The van der Waals surface area contributed by atoms with Crippen molar-refractivity contribution in [2.45, 2.75) is 74.9 Å². The van der Waals surface area contributed by atoms with E-state index in [2.05, 4.69) is 5.32 Å². The van der Waals surface area contributed by atoms with Crippen molar-refractivity contribution in [3.05, 3.63) is 29.8 Å². The number of hydrogen-bond donors (Lipinski definition) is 1. The summed E-state index contributed by atoms with van der Waals surface area (Å²) in [6, 6.07) is 3.83. The van der Waals surface area contributed by atoms with Crippen molar-refractivity contribution in [3.8, 4) is 0 Å². The summed E-state index contributed by atoms with van der Waals surface area (Å²) in [5.41, 5.74) is -1.31. The molecule has 0 aromatic heterocycles. The van der Waals surface area contributed by atoms with Gasteiger partial charge in [0.2, 0.25) is 15.9 Å². The van der Waals surface area contributed by atoms with Crippen LogP contribution in [0.15, 0.2) is 29.2 Å². The molecular formula is C25H31F3N2O3S. The van der Waals surface area contributed by atoms with Crippen LogP contribution < -0.4 is 5.32 Å². The van der Waals surface area contributed by atoms with Gasteiger partial charge in [-0.15, -0.1) is 0 Å². The molecule has 4 unspecified atom stereocenters. The summed E-state index contributed by atoms with van der Waals surface area (Å²) in [5, 5.41) is 3.09. The Hall–Kier alpha value is -1.61. The van der Waals surface area contributed by atoms with Gasteiger partial charge in [-0.3, -0.25) is 4.79 Å². The summed E-state index contributed by atoms with van der Waals surface area (Å²) in [6.07, 6.45) is 3.82.